The predicted molar refractivity (Wildman–Crippen MR) is 43.1 cm³/mol. The van der Waals surface area contributed by atoms with Gasteiger partial charge >= 0.3 is 5.00 Å². The Balaban J connectivity index is 3.07. The van der Waals surface area contributed by atoms with Crippen molar-refractivity contribution in [3.8, 4) is 0 Å². The summed E-state index contributed by atoms with van der Waals surface area (Å²) in [6, 6.07) is 0. The third kappa shape index (κ3) is 1.66. The second-order valence-corrected chi connectivity index (χ2v) is 3.22. The van der Waals surface area contributed by atoms with Crippen LogP contribution in [-0.4, -0.2) is 9.91 Å². The maximum atomic E-state index is 10.3. The summed E-state index contributed by atoms with van der Waals surface area (Å²) in [7, 11) is 0. The van der Waals surface area contributed by atoms with E-state index in [0.29, 0.717) is 10.7 Å². The summed E-state index contributed by atoms with van der Waals surface area (Å²) in [4.78, 5) is 13.7. The number of thiazole rings is 1. The summed E-state index contributed by atoms with van der Waals surface area (Å²) in [5.74, 6) is 0.235. The molecule has 1 heterocycles. The van der Waals surface area contributed by atoms with Crippen molar-refractivity contribution in [2.24, 2.45) is 0 Å². The van der Waals surface area contributed by atoms with Crippen LogP contribution in [0.4, 0.5) is 5.00 Å². The van der Waals surface area contributed by atoms with Crippen LogP contribution in [0, 0.1) is 17.0 Å². The quantitative estimate of drug-likeness (QED) is 0.410. The monoisotopic (exact) mass is 192 g/mol. The number of alkyl halides is 1. The average Bonchev–Trinajstić information content (AvgIpc) is 2.30. The molecule has 1 aromatic heterocycles. The fraction of sp³-hybridized carbons (Fsp3) is 0.400. The minimum Gasteiger partial charge on any atom is -0.257 e. The molecule has 0 spiro atoms. The van der Waals surface area contributed by atoms with E-state index in [9.17, 15) is 10.1 Å². The van der Waals surface area contributed by atoms with E-state index in [2.05, 4.69) is 4.98 Å². The van der Waals surface area contributed by atoms with Gasteiger partial charge in [-0.25, -0.2) is 4.98 Å². The summed E-state index contributed by atoms with van der Waals surface area (Å²) in [6.45, 7) is 1.60. The van der Waals surface area contributed by atoms with Crippen molar-refractivity contribution >= 4 is 27.9 Å². The lowest BCUT2D eigenvalue weighted by Crippen LogP contribution is -1.85. The fourth-order valence-corrected chi connectivity index (χ4v) is 1.62. The number of aromatic nitrogens is 1. The lowest BCUT2D eigenvalue weighted by atomic mass is 10.5. The Morgan fingerprint density at radius 2 is 2.45 bits per heavy atom. The first-order valence-corrected chi connectivity index (χ1v) is 4.17. The van der Waals surface area contributed by atoms with Gasteiger partial charge < -0.3 is 0 Å². The molecular formula is C5H5ClN2O2S. The summed E-state index contributed by atoms with van der Waals surface area (Å²) in [5.41, 5.74) is 0.440. The first-order chi connectivity index (χ1) is 5.15. The average molecular weight is 193 g/mol. The molecule has 4 nitrogen and oxygen atoms in total. The van der Waals surface area contributed by atoms with Crippen LogP contribution in [0.2, 0.25) is 0 Å². The first kappa shape index (κ1) is 8.42. The first-order valence-electron chi connectivity index (χ1n) is 2.82. The SMILES string of the molecule is Cc1nc(CCl)sc1[N+](=O)[O-]. The lowest BCUT2D eigenvalue weighted by molar-refractivity contribution is -0.380. The van der Waals surface area contributed by atoms with E-state index < -0.39 is 4.92 Å². The molecule has 1 aromatic rings. The molecule has 0 saturated heterocycles. The van der Waals surface area contributed by atoms with Crippen molar-refractivity contribution in [2.45, 2.75) is 12.8 Å². The highest BCUT2D eigenvalue weighted by Crippen LogP contribution is 2.26. The van der Waals surface area contributed by atoms with Crippen LogP contribution in [-0.2, 0) is 5.88 Å². The normalized spacial score (nSPS) is 10.0. The molecule has 0 bridgehead atoms. The van der Waals surface area contributed by atoms with Gasteiger partial charge in [-0.1, -0.05) is 0 Å². The van der Waals surface area contributed by atoms with Crippen LogP contribution in [0.1, 0.15) is 10.7 Å². The number of aryl methyl sites for hydroxylation is 1. The van der Waals surface area contributed by atoms with E-state index in [4.69, 9.17) is 11.6 Å². The minimum atomic E-state index is -0.441. The van der Waals surface area contributed by atoms with Gasteiger partial charge in [0.2, 0.25) is 0 Å². The molecule has 0 radical (unpaired) electrons. The summed E-state index contributed by atoms with van der Waals surface area (Å²) >= 11 is 6.47. The summed E-state index contributed by atoms with van der Waals surface area (Å²) in [6.07, 6.45) is 0. The van der Waals surface area contributed by atoms with Gasteiger partial charge in [0.25, 0.3) is 0 Å². The zero-order valence-electron chi connectivity index (χ0n) is 5.70. The number of hydrogen-bond donors (Lipinski definition) is 0. The molecule has 0 aliphatic rings. The molecule has 11 heavy (non-hydrogen) atoms. The maximum absolute atomic E-state index is 10.3. The van der Waals surface area contributed by atoms with Gasteiger partial charge in [-0.3, -0.25) is 10.1 Å². The van der Waals surface area contributed by atoms with E-state index in [1.807, 2.05) is 0 Å². The van der Waals surface area contributed by atoms with Gasteiger partial charge in [0.05, 0.1) is 10.8 Å². The molecule has 1 rings (SSSR count). The second kappa shape index (κ2) is 3.15. The third-order valence-corrected chi connectivity index (χ3v) is 2.62. The molecule has 0 fully saturated rings. The Labute approximate surface area is 72.0 Å². The number of nitrogens with zero attached hydrogens (tertiary/aromatic N) is 2. The van der Waals surface area contributed by atoms with Crippen LogP contribution in [0.25, 0.3) is 0 Å². The number of halogens is 1. The summed E-state index contributed by atoms with van der Waals surface area (Å²) < 4.78 is 0. The van der Waals surface area contributed by atoms with Crippen molar-refractivity contribution < 1.29 is 4.92 Å². The van der Waals surface area contributed by atoms with Gasteiger partial charge in [0.1, 0.15) is 10.7 Å². The largest absolute Gasteiger partial charge is 0.346 e. The van der Waals surface area contributed by atoms with Gasteiger partial charge in [0, 0.05) is 0 Å². The van der Waals surface area contributed by atoms with Gasteiger partial charge in [-0.2, -0.15) is 0 Å². The van der Waals surface area contributed by atoms with Crippen LogP contribution in [0.15, 0.2) is 0 Å². The highest BCUT2D eigenvalue weighted by atomic mass is 35.5. The third-order valence-electron chi connectivity index (χ3n) is 1.10. The van der Waals surface area contributed by atoms with Crippen LogP contribution >= 0.6 is 22.9 Å². The molecule has 0 amide bonds. The van der Waals surface area contributed by atoms with E-state index in [1.54, 1.807) is 6.92 Å². The van der Waals surface area contributed by atoms with Gasteiger partial charge in [0.15, 0.2) is 0 Å². The number of nitro groups is 1. The Morgan fingerprint density at radius 1 is 1.82 bits per heavy atom. The van der Waals surface area contributed by atoms with Crippen LogP contribution in [0.3, 0.4) is 0 Å². The van der Waals surface area contributed by atoms with Gasteiger partial charge in [-0.15, -0.1) is 11.6 Å². The van der Waals surface area contributed by atoms with Crippen molar-refractivity contribution in [1.29, 1.82) is 0 Å². The standard InChI is InChI=1S/C5H5ClN2O2S/c1-3-5(8(9)10)11-4(2-6)7-3/h2H2,1H3. The predicted octanol–water partition coefficient (Wildman–Crippen LogP) is 2.10. The molecule has 0 atom stereocenters. The van der Waals surface area contributed by atoms with Crippen molar-refractivity contribution in [2.75, 3.05) is 0 Å². The molecule has 0 aromatic carbocycles. The van der Waals surface area contributed by atoms with Crippen LogP contribution < -0.4 is 0 Å². The number of hydrogen-bond acceptors (Lipinski definition) is 4. The molecule has 0 N–H and O–H groups in total. The van der Waals surface area contributed by atoms with E-state index in [1.165, 1.54) is 0 Å². The van der Waals surface area contributed by atoms with Crippen molar-refractivity contribution in [1.82, 2.24) is 4.98 Å². The molecule has 0 unspecified atom stereocenters. The van der Waals surface area contributed by atoms with Crippen molar-refractivity contribution in [3.63, 3.8) is 0 Å². The zero-order valence-corrected chi connectivity index (χ0v) is 7.28. The van der Waals surface area contributed by atoms with Crippen LogP contribution in [0.5, 0.6) is 0 Å². The second-order valence-electron chi connectivity index (χ2n) is 1.89. The molecule has 60 valence electrons. The smallest absolute Gasteiger partial charge is 0.257 e. The lowest BCUT2D eigenvalue weighted by Gasteiger charge is -1.81. The topological polar surface area (TPSA) is 56.0 Å². The minimum absolute atomic E-state index is 0.0839. The highest BCUT2D eigenvalue weighted by molar-refractivity contribution is 7.15. The molecule has 0 saturated carbocycles. The van der Waals surface area contributed by atoms with Gasteiger partial charge in [-0.05, 0) is 18.3 Å². The Kier molecular flexibility index (Phi) is 2.41. The number of rotatable bonds is 2. The molecule has 6 heteroatoms. The Morgan fingerprint density at radius 3 is 2.73 bits per heavy atom. The van der Waals surface area contributed by atoms with E-state index in [-0.39, 0.29) is 10.9 Å². The highest BCUT2D eigenvalue weighted by Gasteiger charge is 2.16. The zero-order chi connectivity index (χ0) is 8.43. The van der Waals surface area contributed by atoms with E-state index in [0.717, 1.165) is 11.3 Å². The molecule has 0 aliphatic carbocycles. The summed E-state index contributed by atoms with van der Waals surface area (Å²) in [5, 5.41) is 11.0. The van der Waals surface area contributed by atoms with Crippen molar-refractivity contribution in [3.05, 3.63) is 20.8 Å². The molecule has 0 aliphatic heterocycles. The maximum Gasteiger partial charge on any atom is 0.346 e. The Hall–Kier alpha value is -0.680. The fourth-order valence-electron chi connectivity index (χ4n) is 0.670. The molecular weight excluding hydrogens is 188 g/mol. The van der Waals surface area contributed by atoms with E-state index >= 15 is 0 Å². The Bertz CT molecular complexity index is 286.